The summed E-state index contributed by atoms with van der Waals surface area (Å²) in [6, 6.07) is 20.3. The maximum absolute atomic E-state index is 13.4. The molecule has 210 valence electrons. The van der Waals surface area contributed by atoms with Gasteiger partial charge in [0, 0.05) is 32.0 Å². The van der Waals surface area contributed by atoms with E-state index in [9.17, 15) is 14.4 Å². The Hall–Kier alpha value is -3.95. The highest BCUT2D eigenvalue weighted by Gasteiger charge is 2.52. The molecule has 2 aliphatic rings. The van der Waals surface area contributed by atoms with Gasteiger partial charge in [-0.25, -0.2) is 4.79 Å². The van der Waals surface area contributed by atoms with Crippen LogP contribution in [0.15, 0.2) is 79.1 Å². The Morgan fingerprint density at radius 2 is 1.77 bits per heavy atom. The number of imide groups is 1. The van der Waals surface area contributed by atoms with Gasteiger partial charge in [-0.05, 0) is 54.7 Å². The van der Waals surface area contributed by atoms with Crippen LogP contribution in [0, 0.1) is 0 Å². The first-order valence-electron chi connectivity index (χ1n) is 13.2. The summed E-state index contributed by atoms with van der Waals surface area (Å²) < 4.78 is 5.19. The molecule has 3 heterocycles. The van der Waals surface area contributed by atoms with Crippen LogP contribution in [0.1, 0.15) is 46.8 Å². The highest BCUT2D eigenvalue weighted by Crippen LogP contribution is 2.31. The van der Waals surface area contributed by atoms with Crippen LogP contribution in [-0.2, 0) is 11.3 Å². The Balaban J connectivity index is 0.00000370. The van der Waals surface area contributed by atoms with E-state index in [1.807, 2.05) is 54.6 Å². The zero-order chi connectivity index (χ0) is 27.2. The van der Waals surface area contributed by atoms with Gasteiger partial charge in [0.15, 0.2) is 0 Å². The Kier molecular flexibility index (Phi) is 9.39. The fourth-order valence-corrected chi connectivity index (χ4v) is 5.29. The molecule has 0 bridgehead atoms. The van der Waals surface area contributed by atoms with Gasteiger partial charge in [-0.15, -0.1) is 12.4 Å². The number of methoxy groups -OCH3 is 1. The highest BCUT2D eigenvalue weighted by atomic mass is 35.5. The van der Waals surface area contributed by atoms with Crippen LogP contribution in [0.5, 0.6) is 5.75 Å². The predicted octanol–water partition coefficient (Wildman–Crippen LogP) is 3.96. The number of urea groups is 1. The molecule has 2 aromatic carbocycles. The normalized spacial score (nSPS) is 17.2. The summed E-state index contributed by atoms with van der Waals surface area (Å²) in [4.78, 5) is 46.7. The van der Waals surface area contributed by atoms with Crippen molar-refractivity contribution in [3.05, 3.63) is 95.8 Å². The third-order valence-corrected chi connectivity index (χ3v) is 7.62. The molecule has 40 heavy (non-hydrogen) atoms. The molecule has 1 atom stereocenters. The van der Waals surface area contributed by atoms with E-state index in [0.717, 1.165) is 23.4 Å². The molecule has 4 amide bonds. The molecule has 0 radical (unpaired) electrons. The van der Waals surface area contributed by atoms with Crippen molar-refractivity contribution in [2.75, 3.05) is 26.7 Å². The number of amides is 4. The van der Waals surface area contributed by atoms with Crippen molar-refractivity contribution in [3.63, 3.8) is 0 Å². The molecular formula is C30H34ClN5O4. The Morgan fingerprint density at radius 1 is 1.05 bits per heavy atom. The highest BCUT2D eigenvalue weighted by molar-refractivity contribution is 6.07. The second-order valence-corrected chi connectivity index (χ2v) is 10.1. The van der Waals surface area contributed by atoms with Crippen molar-refractivity contribution in [2.24, 2.45) is 0 Å². The molecule has 0 aliphatic carbocycles. The van der Waals surface area contributed by atoms with E-state index >= 15 is 0 Å². The maximum Gasteiger partial charge on any atom is 0.325 e. The van der Waals surface area contributed by atoms with Crippen molar-refractivity contribution in [3.8, 4) is 5.75 Å². The molecule has 0 saturated carbocycles. The van der Waals surface area contributed by atoms with Gasteiger partial charge in [0.2, 0.25) is 0 Å². The van der Waals surface area contributed by atoms with Crippen LogP contribution in [-0.4, -0.2) is 64.9 Å². The molecule has 2 saturated heterocycles. The van der Waals surface area contributed by atoms with Gasteiger partial charge >= 0.3 is 6.03 Å². The van der Waals surface area contributed by atoms with Crippen LogP contribution in [0.3, 0.4) is 0 Å². The molecule has 0 unspecified atom stereocenters. The molecule has 9 nitrogen and oxygen atoms in total. The number of ether oxygens (including phenoxy) is 1. The molecule has 3 aromatic rings. The van der Waals surface area contributed by atoms with Gasteiger partial charge in [-0.3, -0.25) is 19.5 Å². The lowest BCUT2D eigenvalue weighted by Gasteiger charge is -2.37. The zero-order valence-corrected chi connectivity index (χ0v) is 23.2. The van der Waals surface area contributed by atoms with Crippen LogP contribution >= 0.6 is 12.4 Å². The average Bonchev–Trinajstić information content (AvgIpc) is 3.21. The minimum Gasteiger partial charge on any atom is -0.497 e. The second kappa shape index (κ2) is 12.9. The molecular weight excluding hydrogens is 530 g/mol. The smallest absolute Gasteiger partial charge is 0.325 e. The summed E-state index contributed by atoms with van der Waals surface area (Å²) in [6.45, 7) is 2.34. The first-order valence-corrected chi connectivity index (χ1v) is 13.2. The van der Waals surface area contributed by atoms with Gasteiger partial charge in [-0.1, -0.05) is 42.5 Å². The molecule has 5 rings (SSSR count). The van der Waals surface area contributed by atoms with E-state index in [-0.39, 0.29) is 42.8 Å². The predicted molar refractivity (Wildman–Crippen MR) is 153 cm³/mol. The van der Waals surface area contributed by atoms with Gasteiger partial charge in [0.1, 0.15) is 11.3 Å². The fraction of sp³-hybridized carbons (Fsp3) is 0.333. The number of hydrogen-bond acceptors (Lipinski definition) is 6. The number of hydrogen-bond donors (Lipinski definition) is 2. The first-order chi connectivity index (χ1) is 19.0. The summed E-state index contributed by atoms with van der Waals surface area (Å²) >= 11 is 0. The zero-order valence-electron chi connectivity index (χ0n) is 22.4. The molecule has 10 heteroatoms. The summed E-state index contributed by atoms with van der Waals surface area (Å²) in [5.41, 5.74) is 1.57. The van der Waals surface area contributed by atoms with Crippen molar-refractivity contribution >= 4 is 30.3 Å². The topological polar surface area (TPSA) is 104 Å². The number of piperidine rings is 1. The SMILES string of the molecule is COc1ccc(CN2C(=O)NC3(CCN(CC[C@H](NC(=O)c4cccnc4)c4ccccc4)CC3)C2=O)cc1.Cl. The van der Waals surface area contributed by atoms with Crippen molar-refractivity contribution in [1.29, 1.82) is 0 Å². The third-order valence-electron chi connectivity index (χ3n) is 7.62. The number of aromatic nitrogens is 1. The monoisotopic (exact) mass is 563 g/mol. The fourth-order valence-electron chi connectivity index (χ4n) is 5.29. The second-order valence-electron chi connectivity index (χ2n) is 10.1. The number of rotatable bonds is 9. The quantitative estimate of drug-likeness (QED) is 0.382. The summed E-state index contributed by atoms with van der Waals surface area (Å²) in [5, 5.41) is 6.15. The lowest BCUT2D eigenvalue weighted by molar-refractivity contribution is -0.133. The molecule has 2 fully saturated rings. The standard InChI is InChI=1S/C30H33N5O4.ClH/c1-39-25-11-9-22(10-12-25)21-35-28(37)30(33-29(35)38)14-18-34(19-15-30)17-13-26(23-6-3-2-4-7-23)32-27(36)24-8-5-16-31-20-24;/h2-12,16,20,26H,13-15,17-19,21H2,1H3,(H,32,36)(H,33,38);1H/t26-;/m0./s1. The largest absolute Gasteiger partial charge is 0.497 e. The summed E-state index contributed by atoms with van der Waals surface area (Å²) in [6.07, 6.45) is 5.02. The number of pyridine rings is 1. The minimum absolute atomic E-state index is 0. The molecule has 1 aromatic heterocycles. The molecule has 2 aliphatic heterocycles. The lowest BCUT2D eigenvalue weighted by atomic mass is 9.87. The van der Waals surface area contributed by atoms with Crippen LogP contribution in [0.4, 0.5) is 4.79 Å². The summed E-state index contributed by atoms with van der Waals surface area (Å²) in [5.74, 6) is 0.408. The number of benzene rings is 2. The molecule has 1 spiro atoms. The average molecular weight is 564 g/mol. The van der Waals surface area contributed by atoms with Crippen LogP contribution < -0.4 is 15.4 Å². The van der Waals surface area contributed by atoms with Gasteiger partial charge in [0.05, 0.1) is 25.3 Å². The Labute approximate surface area is 240 Å². The van der Waals surface area contributed by atoms with E-state index in [4.69, 9.17) is 4.74 Å². The van der Waals surface area contributed by atoms with E-state index in [2.05, 4.69) is 20.5 Å². The number of nitrogens with one attached hydrogen (secondary N) is 2. The van der Waals surface area contributed by atoms with E-state index in [1.165, 1.54) is 4.90 Å². The number of nitrogens with zero attached hydrogens (tertiary/aromatic N) is 3. The van der Waals surface area contributed by atoms with Crippen LogP contribution in [0.2, 0.25) is 0 Å². The van der Waals surface area contributed by atoms with Crippen molar-refractivity contribution in [2.45, 2.75) is 37.4 Å². The number of carbonyl (C=O) groups excluding carboxylic acids is 3. The van der Waals surface area contributed by atoms with E-state index in [1.54, 1.807) is 31.6 Å². The Morgan fingerprint density at radius 3 is 2.42 bits per heavy atom. The summed E-state index contributed by atoms with van der Waals surface area (Å²) in [7, 11) is 1.60. The minimum atomic E-state index is -0.854. The number of halogens is 1. The van der Waals surface area contributed by atoms with Crippen LogP contribution in [0.25, 0.3) is 0 Å². The number of carbonyl (C=O) groups is 3. The van der Waals surface area contributed by atoms with Crippen molar-refractivity contribution in [1.82, 2.24) is 25.4 Å². The van der Waals surface area contributed by atoms with E-state index in [0.29, 0.717) is 37.9 Å². The van der Waals surface area contributed by atoms with E-state index < -0.39 is 5.54 Å². The lowest BCUT2D eigenvalue weighted by Crippen LogP contribution is -2.55. The number of likely N-dealkylation sites (tertiary alicyclic amines) is 1. The first kappa shape index (κ1) is 29.0. The third kappa shape index (κ3) is 6.43. The van der Waals surface area contributed by atoms with Gasteiger partial charge in [0.25, 0.3) is 11.8 Å². The maximum atomic E-state index is 13.4. The van der Waals surface area contributed by atoms with Gasteiger partial charge in [-0.2, -0.15) is 0 Å². The molecule has 2 N–H and O–H groups in total. The van der Waals surface area contributed by atoms with Crippen molar-refractivity contribution < 1.29 is 19.1 Å². The Bertz CT molecular complexity index is 1300. The van der Waals surface area contributed by atoms with Gasteiger partial charge < -0.3 is 20.3 Å².